The Morgan fingerprint density at radius 2 is 0.786 bits per heavy atom. The van der Waals surface area contributed by atoms with E-state index in [4.69, 9.17) is 11.5 Å². The fraction of sp³-hybridized carbons (Fsp3) is 0.400. The van der Waals surface area contributed by atoms with Crippen LogP contribution >= 0.6 is 0 Å². The maximum atomic E-state index is 5.81. The normalized spacial score (nSPS) is 17.9. The number of anilines is 4. The van der Waals surface area contributed by atoms with Crippen molar-refractivity contribution in [1.82, 2.24) is 21.3 Å². The van der Waals surface area contributed by atoms with Crippen molar-refractivity contribution in [3.8, 4) is 0 Å². The van der Waals surface area contributed by atoms with E-state index in [1.165, 1.54) is 0 Å². The molecule has 28 heavy (non-hydrogen) atoms. The summed E-state index contributed by atoms with van der Waals surface area (Å²) in [5.41, 5.74) is 15.5. The topological polar surface area (TPSA) is 107 Å². The third-order valence-corrected chi connectivity index (χ3v) is 4.68. The van der Waals surface area contributed by atoms with Crippen LogP contribution in [-0.2, 0) is 0 Å². The van der Waals surface area contributed by atoms with E-state index < -0.39 is 0 Å². The molecular formula is C20H32N8. The van der Waals surface area contributed by atoms with E-state index in [0.29, 0.717) is 0 Å². The van der Waals surface area contributed by atoms with E-state index >= 15 is 0 Å². The fourth-order valence-electron chi connectivity index (χ4n) is 3.06. The number of nitrogens with zero attached hydrogens (tertiary/aromatic N) is 2. The van der Waals surface area contributed by atoms with Crippen LogP contribution in [0.4, 0.5) is 22.7 Å². The molecule has 0 radical (unpaired) electrons. The average molecular weight is 385 g/mol. The van der Waals surface area contributed by atoms with E-state index in [0.717, 1.165) is 75.6 Å². The van der Waals surface area contributed by atoms with Crippen LogP contribution in [0, 0.1) is 0 Å². The summed E-state index contributed by atoms with van der Waals surface area (Å²) in [6, 6.07) is 16.0. The standard InChI is InChI=1S/C20H32N8/c21-17-1-5-19(6-2-17)27-13-23-9-11-25-15-28(16-26-12-10-24-14-27)20-7-3-18(22)4-8-20/h1-8,23-26H,9-16,21-22H2. The van der Waals surface area contributed by atoms with Crippen LogP contribution in [-0.4, -0.2) is 52.9 Å². The third-order valence-electron chi connectivity index (χ3n) is 4.68. The van der Waals surface area contributed by atoms with Gasteiger partial charge in [0.05, 0.1) is 26.7 Å². The van der Waals surface area contributed by atoms with Crippen molar-refractivity contribution in [1.29, 1.82) is 0 Å². The van der Waals surface area contributed by atoms with Crippen molar-refractivity contribution in [2.24, 2.45) is 0 Å². The summed E-state index contributed by atoms with van der Waals surface area (Å²) in [7, 11) is 0. The highest BCUT2D eigenvalue weighted by atomic mass is 15.3. The molecular weight excluding hydrogens is 352 g/mol. The van der Waals surface area contributed by atoms with E-state index in [1.807, 2.05) is 24.3 Å². The Kier molecular flexibility index (Phi) is 7.74. The first kappa shape index (κ1) is 20.2. The lowest BCUT2D eigenvalue weighted by Gasteiger charge is -2.28. The molecule has 152 valence electrons. The molecule has 0 aromatic heterocycles. The summed E-state index contributed by atoms with van der Waals surface area (Å²) in [5.74, 6) is 0. The largest absolute Gasteiger partial charge is 0.399 e. The Morgan fingerprint density at radius 1 is 0.500 bits per heavy atom. The van der Waals surface area contributed by atoms with Gasteiger partial charge in [0.25, 0.3) is 0 Å². The maximum Gasteiger partial charge on any atom is 0.0695 e. The van der Waals surface area contributed by atoms with Gasteiger partial charge >= 0.3 is 0 Å². The molecule has 0 spiro atoms. The van der Waals surface area contributed by atoms with Crippen molar-refractivity contribution < 1.29 is 0 Å². The SMILES string of the molecule is Nc1ccc(N2CNCCNCN(c3ccc(N)cc3)CNCCNC2)cc1. The lowest BCUT2D eigenvalue weighted by molar-refractivity contribution is 0.528. The molecule has 3 rings (SSSR count). The lowest BCUT2D eigenvalue weighted by Crippen LogP contribution is -2.47. The zero-order valence-corrected chi connectivity index (χ0v) is 16.3. The summed E-state index contributed by atoms with van der Waals surface area (Å²) >= 11 is 0. The van der Waals surface area contributed by atoms with Gasteiger partial charge < -0.3 is 21.3 Å². The van der Waals surface area contributed by atoms with Gasteiger partial charge in [-0.1, -0.05) is 0 Å². The van der Waals surface area contributed by atoms with E-state index in [-0.39, 0.29) is 0 Å². The second-order valence-electron chi connectivity index (χ2n) is 6.90. The highest BCUT2D eigenvalue weighted by Crippen LogP contribution is 2.16. The molecule has 1 heterocycles. The Bertz CT molecular complexity index is 611. The van der Waals surface area contributed by atoms with Gasteiger partial charge in [0.1, 0.15) is 0 Å². The van der Waals surface area contributed by atoms with E-state index in [2.05, 4.69) is 55.3 Å². The predicted molar refractivity (Wildman–Crippen MR) is 118 cm³/mol. The van der Waals surface area contributed by atoms with Gasteiger partial charge in [-0.25, -0.2) is 0 Å². The number of hydrogen-bond donors (Lipinski definition) is 6. The van der Waals surface area contributed by atoms with Gasteiger partial charge in [0, 0.05) is 48.9 Å². The summed E-state index contributed by atoms with van der Waals surface area (Å²) in [6.07, 6.45) is 0. The Hall–Kier alpha value is -2.52. The monoisotopic (exact) mass is 384 g/mol. The zero-order valence-electron chi connectivity index (χ0n) is 16.3. The van der Waals surface area contributed by atoms with E-state index in [1.54, 1.807) is 0 Å². The molecule has 1 aliphatic rings. The molecule has 8 N–H and O–H groups in total. The smallest absolute Gasteiger partial charge is 0.0695 e. The van der Waals surface area contributed by atoms with Crippen molar-refractivity contribution in [3.63, 3.8) is 0 Å². The lowest BCUT2D eigenvalue weighted by atomic mass is 10.2. The van der Waals surface area contributed by atoms with Crippen molar-refractivity contribution in [3.05, 3.63) is 48.5 Å². The first-order chi connectivity index (χ1) is 13.7. The summed E-state index contributed by atoms with van der Waals surface area (Å²) in [4.78, 5) is 4.54. The van der Waals surface area contributed by atoms with Gasteiger partial charge in [0.15, 0.2) is 0 Å². The second kappa shape index (κ2) is 10.7. The Labute approximate surface area is 167 Å². The number of nitrogens with one attached hydrogen (secondary N) is 4. The van der Waals surface area contributed by atoms with Crippen molar-refractivity contribution in [2.45, 2.75) is 0 Å². The van der Waals surface area contributed by atoms with Crippen molar-refractivity contribution >= 4 is 22.7 Å². The van der Waals surface area contributed by atoms with Gasteiger partial charge in [-0.15, -0.1) is 0 Å². The molecule has 8 nitrogen and oxygen atoms in total. The first-order valence-electron chi connectivity index (χ1n) is 9.76. The molecule has 0 bridgehead atoms. The highest BCUT2D eigenvalue weighted by molar-refractivity contribution is 5.53. The molecule has 0 saturated carbocycles. The van der Waals surface area contributed by atoms with Crippen LogP contribution in [0.1, 0.15) is 0 Å². The number of rotatable bonds is 2. The van der Waals surface area contributed by atoms with E-state index in [9.17, 15) is 0 Å². The number of nitrogens with two attached hydrogens (primary N) is 2. The molecule has 1 aliphatic heterocycles. The molecule has 0 atom stereocenters. The van der Waals surface area contributed by atoms with Crippen LogP contribution in [0.25, 0.3) is 0 Å². The van der Waals surface area contributed by atoms with Crippen LogP contribution < -0.4 is 42.5 Å². The maximum absolute atomic E-state index is 5.81. The zero-order chi connectivity index (χ0) is 19.6. The predicted octanol–water partition coefficient (Wildman–Crippen LogP) is 0.366. The summed E-state index contributed by atoms with van der Waals surface area (Å²) < 4.78 is 0. The molecule has 2 aromatic rings. The van der Waals surface area contributed by atoms with Crippen LogP contribution in [0.2, 0.25) is 0 Å². The third kappa shape index (κ3) is 6.28. The Balaban J connectivity index is 1.55. The number of hydrogen-bond acceptors (Lipinski definition) is 8. The molecule has 8 heteroatoms. The minimum atomic E-state index is 0.772. The number of nitrogen functional groups attached to an aromatic ring is 2. The molecule has 0 unspecified atom stereocenters. The van der Waals surface area contributed by atoms with Gasteiger partial charge in [0.2, 0.25) is 0 Å². The fourth-order valence-corrected chi connectivity index (χ4v) is 3.06. The highest BCUT2D eigenvalue weighted by Gasteiger charge is 2.08. The minimum absolute atomic E-state index is 0.772. The van der Waals surface area contributed by atoms with Gasteiger partial charge in [-0.05, 0) is 48.5 Å². The quantitative estimate of drug-likeness (QED) is 0.413. The minimum Gasteiger partial charge on any atom is -0.399 e. The second-order valence-corrected chi connectivity index (χ2v) is 6.90. The van der Waals surface area contributed by atoms with Gasteiger partial charge in [-0.2, -0.15) is 0 Å². The first-order valence-corrected chi connectivity index (χ1v) is 9.76. The number of benzene rings is 2. The van der Waals surface area contributed by atoms with Crippen LogP contribution in [0.5, 0.6) is 0 Å². The molecule has 1 fully saturated rings. The van der Waals surface area contributed by atoms with Crippen molar-refractivity contribution in [2.75, 3.05) is 74.1 Å². The summed E-state index contributed by atoms with van der Waals surface area (Å²) in [5, 5.41) is 14.0. The molecule has 0 aliphatic carbocycles. The molecule has 2 aromatic carbocycles. The Morgan fingerprint density at radius 3 is 1.07 bits per heavy atom. The van der Waals surface area contributed by atoms with Crippen LogP contribution in [0.15, 0.2) is 48.5 Å². The van der Waals surface area contributed by atoms with Crippen LogP contribution in [0.3, 0.4) is 0 Å². The molecule has 1 saturated heterocycles. The average Bonchev–Trinajstić information content (AvgIpc) is 2.71. The molecule has 0 amide bonds. The van der Waals surface area contributed by atoms with Gasteiger partial charge in [-0.3, -0.25) is 21.3 Å². The summed E-state index contributed by atoms with van der Waals surface area (Å²) in [6.45, 7) is 6.62.